The van der Waals surface area contributed by atoms with Gasteiger partial charge < -0.3 is 9.47 Å². The molecule has 0 aromatic carbocycles. The summed E-state index contributed by atoms with van der Waals surface area (Å²) in [5, 5.41) is 9.06. The summed E-state index contributed by atoms with van der Waals surface area (Å²) in [5.74, 6) is 1.06. The quantitative estimate of drug-likeness (QED) is 0.626. The summed E-state index contributed by atoms with van der Waals surface area (Å²) in [5.41, 5.74) is 0.903. The maximum atomic E-state index is 12.9. The molecular formula is C18H25N5O3S2. The highest BCUT2D eigenvalue weighted by atomic mass is 32.2. The molecule has 2 aromatic rings. The van der Waals surface area contributed by atoms with E-state index < -0.39 is 9.84 Å². The number of hydrogen-bond donors (Lipinski definition) is 0. The molecule has 0 N–H and O–H groups in total. The summed E-state index contributed by atoms with van der Waals surface area (Å²) in [7, 11) is -1.19. The fourth-order valence-corrected chi connectivity index (χ4v) is 5.89. The number of sulfone groups is 1. The summed E-state index contributed by atoms with van der Waals surface area (Å²) in [6.07, 6.45) is 4.68. The molecule has 2 atom stereocenters. The van der Waals surface area contributed by atoms with Gasteiger partial charge in [-0.2, -0.15) is 0 Å². The molecule has 3 rings (SSSR count). The number of carbonyl (C=O) groups excluding carboxylic acids is 1. The molecule has 0 aliphatic carbocycles. The van der Waals surface area contributed by atoms with Crippen LogP contribution in [-0.2, 0) is 21.7 Å². The average molecular weight is 424 g/mol. The van der Waals surface area contributed by atoms with Crippen LogP contribution < -0.4 is 0 Å². The lowest BCUT2D eigenvalue weighted by molar-refractivity contribution is -0.132. The number of carbonyl (C=O) groups is 1. The van der Waals surface area contributed by atoms with Crippen LogP contribution in [0.1, 0.15) is 26.7 Å². The van der Waals surface area contributed by atoms with Gasteiger partial charge in [0.25, 0.3) is 0 Å². The van der Waals surface area contributed by atoms with Crippen LogP contribution in [0.2, 0.25) is 0 Å². The number of nitrogens with zero attached hydrogens (tertiary/aromatic N) is 5. The largest absolute Gasteiger partial charge is 0.335 e. The highest BCUT2D eigenvalue weighted by Gasteiger charge is 2.36. The molecule has 3 heterocycles. The third kappa shape index (κ3) is 4.54. The number of amides is 1. The SMILES string of the molecule is CC[C@H](C)N(C(=O)CSc1nnc(-c2ccncc2)n1C)[C@H]1CCS(=O)(=O)C1. The molecular weight excluding hydrogens is 398 g/mol. The van der Waals surface area contributed by atoms with Gasteiger partial charge in [-0.3, -0.25) is 9.78 Å². The van der Waals surface area contributed by atoms with Crippen molar-refractivity contribution in [2.45, 2.75) is 43.9 Å². The Balaban J connectivity index is 1.70. The van der Waals surface area contributed by atoms with Gasteiger partial charge in [-0.25, -0.2) is 8.42 Å². The fourth-order valence-electron chi connectivity index (χ4n) is 3.39. The van der Waals surface area contributed by atoms with E-state index in [1.807, 2.05) is 37.6 Å². The van der Waals surface area contributed by atoms with Crippen molar-refractivity contribution in [2.75, 3.05) is 17.3 Å². The second-order valence-corrected chi connectivity index (χ2v) is 10.2. The van der Waals surface area contributed by atoms with Gasteiger partial charge in [-0.15, -0.1) is 10.2 Å². The molecule has 28 heavy (non-hydrogen) atoms. The molecule has 1 aliphatic rings. The van der Waals surface area contributed by atoms with Gasteiger partial charge in [-0.1, -0.05) is 18.7 Å². The molecule has 0 spiro atoms. The normalized spacial score (nSPS) is 19.5. The van der Waals surface area contributed by atoms with Crippen molar-refractivity contribution >= 4 is 27.5 Å². The van der Waals surface area contributed by atoms with E-state index in [2.05, 4.69) is 15.2 Å². The van der Waals surface area contributed by atoms with Crippen LogP contribution in [-0.4, -0.2) is 68.3 Å². The molecule has 0 radical (unpaired) electrons. The molecule has 1 amide bonds. The van der Waals surface area contributed by atoms with Crippen molar-refractivity contribution in [3.63, 3.8) is 0 Å². The van der Waals surface area contributed by atoms with E-state index in [1.54, 1.807) is 17.3 Å². The zero-order chi connectivity index (χ0) is 20.3. The number of aromatic nitrogens is 4. The highest BCUT2D eigenvalue weighted by Crippen LogP contribution is 2.25. The van der Waals surface area contributed by atoms with Gasteiger partial charge in [-0.05, 0) is 31.9 Å². The predicted octanol–water partition coefficient (Wildman–Crippen LogP) is 1.78. The molecule has 10 heteroatoms. The van der Waals surface area contributed by atoms with E-state index in [4.69, 9.17) is 0 Å². The van der Waals surface area contributed by atoms with E-state index in [9.17, 15) is 13.2 Å². The van der Waals surface area contributed by atoms with Gasteiger partial charge in [0.05, 0.1) is 17.3 Å². The minimum Gasteiger partial charge on any atom is -0.335 e. The first kappa shape index (κ1) is 20.8. The lowest BCUT2D eigenvalue weighted by Gasteiger charge is -2.33. The summed E-state index contributed by atoms with van der Waals surface area (Å²) < 4.78 is 25.6. The number of thioether (sulfide) groups is 1. The zero-order valence-electron chi connectivity index (χ0n) is 16.3. The lowest BCUT2D eigenvalue weighted by Crippen LogP contribution is -2.47. The molecule has 1 saturated heterocycles. The predicted molar refractivity (Wildman–Crippen MR) is 109 cm³/mol. The Labute approximate surface area is 169 Å². The second kappa shape index (κ2) is 8.60. The van der Waals surface area contributed by atoms with Crippen LogP contribution in [0.3, 0.4) is 0 Å². The summed E-state index contributed by atoms with van der Waals surface area (Å²) in [4.78, 5) is 18.7. The van der Waals surface area contributed by atoms with E-state index in [-0.39, 0.29) is 35.2 Å². The van der Waals surface area contributed by atoms with Crippen molar-refractivity contribution in [1.29, 1.82) is 0 Å². The van der Waals surface area contributed by atoms with Crippen molar-refractivity contribution in [2.24, 2.45) is 7.05 Å². The standard InChI is InChI=1S/C18H25N5O3S2/c1-4-13(2)23(15-7-10-28(25,26)12-15)16(24)11-27-18-21-20-17(22(18)3)14-5-8-19-9-6-14/h5-6,8-9,13,15H,4,7,10-12H2,1-3H3/t13-,15-/m0/s1. The van der Waals surface area contributed by atoms with Crippen LogP contribution in [0.25, 0.3) is 11.4 Å². The molecule has 8 nitrogen and oxygen atoms in total. The van der Waals surface area contributed by atoms with Crippen molar-refractivity contribution in [1.82, 2.24) is 24.6 Å². The molecule has 2 aromatic heterocycles. The van der Waals surface area contributed by atoms with Gasteiger partial charge in [0.2, 0.25) is 5.91 Å². The maximum absolute atomic E-state index is 12.9. The van der Waals surface area contributed by atoms with Crippen LogP contribution in [0.15, 0.2) is 29.7 Å². The van der Waals surface area contributed by atoms with Crippen LogP contribution in [0, 0.1) is 0 Å². The summed E-state index contributed by atoms with van der Waals surface area (Å²) >= 11 is 1.32. The summed E-state index contributed by atoms with van der Waals surface area (Å²) in [6.45, 7) is 3.97. The van der Waals surface area contributed by atoms with Gasteiger partial charge in [0, 0.05) is 37.1 Å². The minimum atomic E-state index is -3.05. The van der Waals surface area contributed by atoms with Crippen molar-refractivity contribution in [3.05, 3.63) is 24.5 Å². The van der Waals surface area contributed by atoms with Gasteiger partial charge in [0.1, 0.15) is 0 Å². The number of hydrogen-bond acceptors (Lipinski definition) is 7. The maximum Gasteiger partial charge on any atom is 0.233 e. The first-order valence-electron chi connectivity index (χ1n) is 9.26. The van der Waals surface area contributed by atoms with E-state index in [0.29, 0.717) is 17.4 Å². The Morgan fingerprint density at radius 2 is 2.07 bits per heavy atom. The topological polar surface area (TPSA) is 98.1 Å². The van der Waals surface area contributed by atoms with Crippen LogP contribution >= 0.6 is 11.8 Å². The van der Waals surface area contributed by atoms with Gasteiger partial charge in [0.15, 0.2) is 20.8 Å². The fraction of sp³-hybridized carbons (Fsp3) is 0.556. The Hall–Kier alpha value is -1.94. The zero-order valence-corrected chi connectivity index (χ0v) is 17.9. The number of rotatable bonds is 7. The van der Waals surface area contributed by atoms with Crippen LogP contribution in [0.5, 0.6) is 0 Å². The lowest BCUT2D eigenvalue weighted by atomic mass is 10.1. The van der Waals surface area contributed by atoms with Crippen molar-refractivity contribution in [3.8, 4) is 11.4 Å². The number of pyridine rings is 1. The minimum absolute atomic E-state index is 0.00160. The molecule has 1 fully saturated rings. The third-order valence-corrected chi connectivity index (χ3v) is 7.81. The first-order valence-corrected chi connectivity index (χ1v) is 12.1. The second-order valence-electron chi connectivity index (χ2n) is 7.00. The van der Waals surface area contributed by atoms with E-state index in [0.717, 1.165) is 12.0 Å². The Bertz CT molecular complexity index is 930. The summed E-state index contributed by atoms with van der Waals surface area (Å²) in [6, 6.07) is 3.47. The van der Waals surface area contributed by atoms with E-state index >= 15 is 0 Å². The first-order chi connectivity index (χ1) is 13.3. The monoisotopic (exact) mass is 423 g/mol. The Morgan fingerprint density at radius 1 is 1.36 bits per heavy atom. The molecule has 1 aliphatic heterocycles. The molecule has 0 saturated carbocycles. The Kier molecular flexibility index (Phi) is 6.39. The molecule has 0 bridgehead atoms. The third-order valence-electron chi connectivity index (χ3n) is 5.05. The highest BCUT2D eigenvalue weighted by molar-refractivity contribution is 7.99. The Morgan fingerprint density at radius 3 is 2.68 bits per heavy atom. The molecule has 0 unspecified atom stereocenters. The average Bonchev–Trinajstić information content (AvgIpc) is 3.22. The van der Waals surface area contributed by atoms with Crippen LogP contribution in [0.4, 0.5) is 0 Å². The smallest absolute Gasteiger partial charge is 0.233 e. The van der Waals surface area contributed by atoms with Crippen molar-refractivity contribution < 1.29 is 13.2 Å². The molecule has 152 valence electrons. The van der Waals surface area contributed by atoms with Gasteiger partial charge >= 0.3 is 0 Å². The van der Waals surface area contributed by atoms with E-state index in [1.165, 1.54) is 11.8 Å².